The third kappa shape index (κ3) is 3.03. The lowest BCUT2D eigenvalue weighted by Gasteiger charge is -2.07. The number of halogens is 2. The van der Waals surface area contributed by atoms with E-state index in [1.165, 1.54) is 0 Å². The molecule has 94 valence electrons. The highest BCUT2D eigenvalue weighted by molar-refractivity contribution is 9.10. The van der Waals surface area contributed by atoms with Crippen molar-refractivity contribution in [2.75, 3.05) is 5.32 Å². The van der Waals surface area contributed by atoms with E-state index in [-0.39, 0.29) is 5.91 Å². The fourth-order valence-electron chi connectivity index (χ4n) is 1.69. The number of benzene rings is 1. The van der Waals surface area contributed by atoms with E-state index in [0.29, 0.717) is 5.69 Å². The molecule has 5 heteroatoms. The van der Waals surface area contributed by atoms with Gasteiger partial charge in [-0.1, -0.05) is 22.0 Å². The van der Waals surface area contributed by atoms with Crippen LogP contribution in [0.4, 0.5) is 5.69 Å². The van der Waals surface area contributed by atoms with Crippen LogP contribution in [-0.2, 0) is 6.54 Å². The minimum absolute atomic E-state index is 0.111. The fourth-order valence-corrected chi connectivity index (χ4v) is 2.55. The number of rotatable bonds is 3. The predicted molar refractivity (Wildman–Crippen MR) is 79.9 cm³/mol. The van der Waals surface area contributed by atoms with Crippen molar-refractivity contribution in [3.8, 4) is 0 Å². The van der Waals surface area contributed by atoms with Gasteiger partial charge in [0.2, 0.25) is 0 Å². The average Bonchev–Trinajstić information content (AvgIpc) is 2.70. The van der Waals surface area contributed by atoms with Gasteiger partial charge in [-0.2, -0.15) is 0 Å². The Morgan fingerprint density at radius 3 is 2.72 bits per heavy atom. The first-order valence-electron chi connectivity index (χ1n) is 5.52. The van der Waals surface area contributed by atoms with E-state index in [1.807, 2.05) is 48.0 Å². The predicted octanol–water partition coefficient (Wildman–Crippen LogP) is 4.29. The lowest BCUT2D eigenvalue weighted by molar-refractivity contribution is 0.101. The molecule has 1 amide bonds. The summed E-state index contributed by atoms with van der Waals surface area (Å²) in [5.74, 6) is -0.111. The van der Waals surface area contributed by atoms with Gasteiger partial charge in [-0.25, -0.2) is 0 Å². The third-order valence-electron chi connectivity index (χ3n) is 2.52. The Bertz CT molecular complexity index is 578. The molecule has 0 radical (unpaired) electrons. The molecule has 0 aliphatic carbocycles. The molecule has 3 nitrogen and oxygen atoms in total. The van der Waals surface area contributed by atoms with Crippen LogP contribution in [-0.4, -0.2) is 10.5 Å². The highest BCUT2D eigenvalue weighted by Gasteiger charge is 2.12. The number of hydrogen-bond acceptors (Lipinski definition) is 1. The number of anilines is 1. The summed E-state index contributed by atoms with van der Waals surface area (Å²) in [6, 6.07) is 9.34. The van der Waals surface area contributed by atoms with Gasteiger partial charge in [0.15, 0.2) is 0 Å². The van der Waals surface area contributed by atoms with Crippen LogP contribution in [0.1, 0.15) is 17.4 Å². The number of carbonyl (C=O) groups excluding carboxylic acids is 1. The van der Waals surface area contributed by atoms with Gasteiger partial charge in [-0.15, -0.1) is 0 Å². The molecule has 1 aromatic heterocycles. The highest BCUT2D eigenvalue weighted by atomic mass is 79.9. The van der Waals surface area contributed by atoms with E-state index >= 15 is 0 Å². The first kappa shape index (κ1) is 13.4. The monoisotopic (exact) mass is 370 g/mol. The maximum atomic E-state index is 12.2. The molecule has 2 rings (SSSR count). The van der Waals surface area contributed by atoms with Crippen molar-refractivity contribution in [3.05, 3.63) is 51.2 Å². The normalized spacial score (nSPS) is 10.4. The molecule has 2 aromatic rings. The number of amides is 1. The molecule has 1 heterocycles. The Kier molecular flexibility index (Phi) is 4.24. The van der Waals surface area contributed by atoms with Gasteiger partial charge >= 0.3 is 0 Å². The largest absolute Gasteiger partial charge is 0.343 e. The number of aromatic nitrogens is 1. The smallest absolute Gasteiger partial charge is 0.272 e. The van der Waals surface area contributed by atoms with E-state index in [4.69, 9.17) is 0 Å². The molecule has 0 bridgehead atoms. The average molecular weight is 372 g/mol. The molecule has 0 aliphatic heterocycles. The van der Waals surface area contributed by atoms with Crippen molar-refractivity contribution >= 4 is 43.5 Å². The van der Waals surface area contributed by atoms with Gasteiger partial charge in [0.1, 0.15) is 5.69 Å². The van der Waals surface area contributed by atoms with Crippen molar-refractivity contribution in [1.82, 2.24) is 4.57 Å². The second-order valence-electron chi connectivity index (χ2n) is 3.79. The Morgan fingerprint density at radius 2 is 2.06 bits per heavy atom. The molecule has 0 unspecified atom stereocenters. The molecule has 0 spiro atoms. The molecule has 0 saturated carbocycles. The van der Waals surface area contributed by atoms with E-state index in [2.05, 4.69) is 37.2 Å². The Hall–Kier alpha value is -1.07. The first-order chi connectivity index (χ1) is 8.60. The number of aryl methyl sites for hydroxylation is 1. The Balaban J connectivity index is 2.21. The van der Waals surface area contributed by atoms with Crippen LogP contribution in [0.2, 0.25) is 0 Å². The number of nitrogens with one attached hydrogen (secondary N) is 1. The van der Waals surface area contributed by atoms with E-state index < -0.39 is 0 Å². The zero-order valence-electron chi connectivity index (χ0n) is 9.78. The number of hydrogen-bond donors (Lipinski definition) is 1. The maximum absolute atomic E-state index is 12.2. The standard InChI is InChI=1S/C13H12Br2N2O/c1-2-17-8-10(15)7-12(17)13(18)16-11-5-3-4-9(14)6-11/h3-8H,2H2,1H3,(H,16,18). The molecule has 0 fully saturated rings. The number of nitrogens with zero attached hydrogens (tertiary/aromatic N) is 1. The molecular formula is C13H12Br2N2O. The van der Waals surface area contributed by atoms with Crippen LogP contribution < -0.4 is 5.32 Å². The molecule has 0 atom stereocenters. The van der Waals surface area contributed by atoms with Crippen molar-refractivity contribution in [1.29, 1.82) is 0 Å². The molecule has 18 heavy (non-hydrogen) atoms. The van der Waals surface area contributed by atoms with Crippen LogP contribution >= 0.6 is 31.9 Å². The van der Waals surface area contributed by atoms with Gasteiger partial charge in [0, 0.05) is 27.4 Å². The Labute approximate surface area is 122 Å². The lowest BCUT2D eigenvalue weighted by Crippen LogP contribution is -2.16. The van der Waals surface area contributed by atoms with Crippen LogP contribution in [0.15, 0.2) is 45.5 Å². The summed E-state index contributed by atoms with van der Waals surface area (Å²) in [4.78, 5) is 12.2. The van der Waals surface area contributed by atoms with E-state index in [1.54, 1.807) is 0 Å². The second-order valence-corrected chi connectivity index (χ2v) is 5.63. The third-order valence-corrected chi connectivity index (χ3v) is 3.45. The molecule has 1 N–H and O–H groups in total. The van der Waals surface area contributed by atoms with Crippen LogP contribution in [0.5, 0.6) is 0 Å². The van der Waals surface area contributed by atoms with Gasteiger partial charge in [0.05, 0.1) is 0 Å². The van der Waals surface area contributed by atoms with Crippen LogP contribution in [0.3, 0.4) is 0 Å². The summed E-state index contributed by atoms with van der Waals surface area (Å²) in [6.07, 6.45) is 1.90. The summed E-state index contributed by atoms with van der Waals surface area (Å²) in [7, 11) is 0. The summed E-state index contributed by atoms with van der Waals surface area (Å²) < 4.78 is 3.74. The lowest BCUT2D eigenvalue weighted by atomic mass is 10.3. The second kappa shape index (κ2) is 5.71. The van der Waals surface area contributed by atoms with Crippen molar-refractivity contribution in [2.45, 2.75) is 13.5 Å². The van der Waals surface area contributed by atoms with Crippen molar-refractivity contribution < 1.29 is 4.79 Å². The van der Waals surface area contributed by atoms with Crippen molar-refractivity contribution in [2.24, 2.45) is 0 Å². The highest BCUT2D eigenvalue weighted by Crippen LogP contribution is 2.19. The Morgan fingerprint density at radius 1 is 1.28 bits per heavy atom. The molecule has 1 aromatic carbocycles. The summed E-state index contributed by atoms with van der Waals surface area (Å²) in [5.41, 5.74) is 1.42. The first-order valence-corrected chi connectivity index (χ1v) is 7.11. The maximum Gasteiger partial charge on any atom is 0.272 e. The zero-order chi connectivity index (χ0) is 13.1. The van der Waals surface area contributed by atoms with Gasteiger partial charge in [-0.05, 0) is 47.1 Å². The fraction of sp³-hybridized carbons (Fsp3) is 0.154. The minimum Gasteiger partial charge on any atom is -0.343 e. The quantitative estimate of drug-likeness (QED) is 0.858. The van der Waals surface area contributed by atoms with Gasteiger partial charge in [0.25, 0.3) is 5.91 Å². The molecule has 0 saturated heterocycles. The van der Waals surface area contributed by atoms with Crippen LogP contribution in [0.25, 0.3) is 0 Å². The topological polar surface area (TPSA) is 34.0 Å². The van der Waals surface area contributed by atoms with Crippen LogP contribution in [0, 0.1) is 0 Å². The van der Waals surface area contributed by atoms with Gasteiger partial charge in [-0.3, -0.25) is 4.79 Å². The zero-order valence-corrected chi connectivity index (χ0v) is 13.0. The van der Waals surface area contributed by atoms with E-state index in [0.717, 1.165) is 21.2 Å². The molecule has 0 aliphatic rings. The van der Waals surface area contributed by atoms with Crippen molar-refractivity contribution in [3.63, 3.8) is 0 Å². The summed E-state index contributed by atoms with van der Waals surface area (Å²) in [5, 5.41) is 2.88. The molecular weight excluding hydrogens is 360 g/mol. The van der Waals surface area contributed by atoms with Gasteiger partial charge < -0.3 is 9.88 Å². The minimum atomic E-state index is -0.111. The van der Waals surface area contributed by atoms with E-state index in [9.17, 15) is 4.79 Å². The summed E-state index contributed by atoms with van der Waals surface area (Å²) >= 11 is 6.76. The summed E-state index contributed by atoms with van der Waals surface area (Å²) in [6.45, 7) is 2.76. The number of carbonyl (C=O) groups is 1. The SMILES string of the molecule is CCn1cc(Br)cc1C(=O)Nc1cccc(Br)c1.